The molecule has 0 aliphatic rings. The highest BCUT2D eigenvalue weighted by molar-refractivity contribution is 5.95. The Morgan fingerprint density at radius 1 is 1.20 bits per heavy atom. The van der Waals surface area contributed by atoms with Gasteiger partial charge >= 0.3 is 6.18 Å². The largest absolute Gasteiger partial charge is 0.434 e. The Bertz CT molecular complexity index is 725. The van der Waals surface area contributed by atoms with Crippen molar-refractivity contribution in [3.05, 3.63) is 47.3 Å². The lowest BCUT2D eigenvalue weighted by Crippen LogP contribution is -2.33. The van der Waals surface area contributed by atoms with Gasteiger partial charge in [-0.25, -0.2) is 4.68 Å². The zero-order valence-corrected chi connectivity index (χ0v) is 14.2. The summed E-state index contributed by atoms with van der Waals surface area (Å²) in [7, 11) is 0. The van der Waals surface area contributed by atoms with Gasteiger partial charge < -0.3 is 10.6 Å². The number of para-hydroxylation sites is 1. The van der Waals surface area contributed by atoms with Crippen LogP contribution in [0.4, 0.5) is 13.2 Å². The van der Waals surface area contributed by atoms with Crippen molar-refractivity contribution < 1.29 is 18.0 Å². The molecule has 5 nitrogen and oxygen atoms in total. The van der Waals surface area contributed by atoms with Gasteiger partial charge in [0.1, 0.15) is 0 Å². The van der Waals surface area contributed by atoms with Crippen LogP contribution < -0.4 is 10.6 Å². The first-order valence-corrected chi connectivity index (χ1v) is 8.06. The zero-order chi connectivity index (χ0) is 18.4. The number of benzene rings is 1. The predicted molar refractivity (Wildman–Crippen MR) is 88.8 cm³/mol. The number of nitrogens with zero attached hydrogens (tertiary/aromatic N) is 2. The number of nitrogens with one attached hydrogen (secondary N) is 2. The van der Waals surface area contributed by atoms with Gasteiger partial charge in [-0.3, -0.25) is 4.79 Å². The van der Waals surface area contributed by atoms with E-state index < -0.39 is 23.3 Å². The Balaban J connectivity index is 2.28. The van der Waals surface area contributed by atoms with Crippen molar-refractivity contribution in [2.75, 3.05) is 19.6 Å². The van der Waals surface area contributed by atoms with Gasteiger partial charge in [0, 0.05) is 13.1 Å². The maximum absolute atomic E-state index is 13.6. The summed E-state index contributed by atoms with van der Waals surface area (Å²) >= 11 is 0. The number of rotatable bonds is 7. The fourth-order valence-corrected chi connectivity index (χ4v) is 2.43. The van der Waals surface area contributed by atoms with E-state index >= 15 is 0 Å². The summed E-state index contributed by atoms with van der Waals surface area (Å²) in [5, 5.41) is 9.38. The van der Waals surface area contributed by atoms with Gasteiger partial charge in [0.25, 0.3) is 5.91 Å². The Morgan fingerprint density at radius 3 is 2.56 bits per heavy atom. The number of alkyl halides is 3. The fourth-order valence-electron chi connectivity index (χ4n) is 2.43. The lowest BCUT2D eigenvalue weighted by atomic mass is 10.1. The highest BCUT2D eigenvalue weighted by Crippen LogP contribution is 2.34. The van der Waals surface area contributed by atoms with E-state index in [0.29, 0.717) is 17.8 Å². The number of aryl methyl sites for hydroxylation is 1. The molecular formula is C17H21F3N4O. The molecule has 8 heteroatoms. The van der Waals surface area contributed by atoms with Crippen molar-refractivity contribution in [2.45, 2.75) is 26.4 Å². The molecular weight excluding hydrogens is 333 g/mol. The van der Waals surface area contributed by atoms with Crippen LogP contribution in [0.2, 0.25) is 0 Å². The number of aromatic nitrogens is 2. The van der Waals surface area contributed by atoms with Gasteiger partial charge in [-0.15, -0.1) is 0 Å². The minimum Gasteiger partial charge on any atom is -0.351 e. The molecule has 25 heavy (non-hydrogen) atoms. The quantitative estimate of drug-likeness (QED) is 0.752. The first-order chi connectivity index (χ1) is 11.9. The summed E-state index contributed by atoms with van der Waals surface area (Å²) in [5.41, 5.74) is -0.627. The molecule has 1 heterocycles. The molecule has 1 aromatic heterocycles. The van der Waals surface area contributed by atoms with Crippen LogP contribution in [-0.2, 0) is 6.18 Å². The number of hydrogen-bond donors (Lipinski definition) is 2. The smallest absolute Gasteiger partial charge is 0.351 e. The number of carbonyl (C=O) groups is 1. The molecule has 1 amide bonds. The van der Waals surface area contributed by atoms with Crippen LogP contribution in [0.25, 0.3) is 5.69 Å². The third-order valence-electron chi connectivity index (χ3n) is 3.64. The van der Waals surface area contributed by atoms with E-state index in [-0.39, 0.29) is 6.54 Å². The average Bonchev–Trinajstić information content (AvgIpc) is 3.00. The molecule has 0 fully saturated rings. The lowest BCUT2D eigenvalue weighted by molar-refractivity contribution is -0.143. The van der Waals surface area contributed by atoms with E-state index in [4.69, 9.17) is 0 Å². The molecule has 0 saturated heterocycles. The second-order valence-electron chi connectivity index (χ2n) is 5.61. The van der Waals surface area contributed by atoms with Crippen molar-refractivity contribution in [1.29, 1.82) is 0 Å². The summed E-state index contributed by atoms with van der Waals surface area (Å²) in [4.78, 5) is 12.2. The Hall–Kier alpha value is -2.35. The molecule has 0 bridgehead atoms. The van der Waals surface area contributed by atoms with Crippen LogP contribution in [0, 0.1) is 6.92 Å². The molecule has 2 aromatic rings. The number of amides is 1. The maximum Gasteiger partial charge on any atom is 0.434 e. The number of hydrogen-bond acceptors (Lipinski definition) is 3. The van der Waals surface area contributed by atoms with Crippen LogP contribution in [-0.4, -0.2) is 35.3 Å². The minimum absolute atomic E-state index is 0.242. The Labute approximate surface area is 144 Å². The van der Waals surface area contributed by atoms with Gasteiger partial charge in [-0.05, 0) is 31.5 Å². The van der Waals surface area contributed by atoms with Crippen LogP contribution in [0.1, 0.15) is 35.0 Å². The van der Waals surface area contributed by atoms with Crippen molar-refractivity contribution in [3.63, 3.8) is 0 Å². The highest BCUT2D eigenvalue weighted by atomic mass is 19.4. The summed E-state index contributed by atoms with van der Waals surface area (Å²) in [5.74, 6) is -0.787. The van der Waals surface area contributed by atoms with Crippen LogP contribution in [0.5, 0.6) is 0 Å². The van der Waals surface area contributed by atoms with E-state index in [2.05, 4.69) is 15.7 Å². The van der Waals surface area contributed by atoms with E-state index in [9.17, 15) is 18.0 Å². The molecule has 0 aliphatic heterocycles. The minimum atomic E-state index is -4.70. The monoisotopic (exact) mass is 354 g/mol. The van der Waals surface area contributed by atoms with Crippen LogP contribution >= 0.6 is 0 Å². The van der Waals surface area contributed by atoms with E-state index in [1.807, 2.05) is 6.92 Å². The van der Waals surface area contributed by atoms with E-state index in [1.165, 1.54) is 6.07 Å². The highest BCUT2D eigenvalue weighted by Gasteiger charge is 2.40. The SMILES string of the molecule is CCCNCCNC(=O)c1cnn(-c2ccccc2C)c1C(F)(F)F. The summed E-state index contributed by atoms with van der Waals surface area (Å²) < 4.78 is 41.4. The van der Waals surface area contributed by atoms with Gasteiger partial charge in [0.2, 0.25) is 0 Å². The predicted octanol–water partition coefficient (Wildman–Crippen LogP) is 2.93. The van der Waals surface area contributed by atoms with E-state index in [1.54, 1.807) is 25.1 Å². The molecule has 0 radical (unpaired) electrons. The topological polar surface area (TPSA) is 58.9 Å². The second-order valence-corrected chi connectivity index (χ2v) is 5.61. The number of halogens is 3. The van der Waals surface area contributed by atoms with Crippen LogP contribution in [0.15, 0.2) is 30.5 Å². The molecule has 2 rings (SSSR count). The van der Waals surface area contributed by atoms with Gasteiger partial charge in [-0.2, -0.15) is 18.3 Å². The summed E-state index contributed by atoms with van der Waals surface area (Å²) in [6.45, 7) is 5.21. The third-order valence-corrected chi connectivity index (χ3v) is 3.64. The maximum atomic E-state index is 13.6. The zero-order valence-electron chi connectivity index (χ0n) is 14.2. The average molecular weight is 354 g/mol. The van der Waals surface area contributed by atoms with Crippen molar-refractivity contribution in [1.82, 2.24) is 20.4 Å². The van der Waals surface area contributed by atoms with E-state index in [0.717, 1.165) is 23.8 Å². The molecule has 0 saturated carbocycles. The third kappa shape index (κ3) is 4.60. The molecule has 1 aromatic carbocycles. The molecule has 0 atom stereocenters. The standard InChI is InChI=1S/C17H21F3N4O/c1-3-8-21-9-10-22-16(25)13-11-23-24(15(13)17(18,19)20)14-7-5-4-6-12(14)2/h4-7,11,21H,3,8-10H2,1-2H3,(H,22,25). The molecule has 0 spiro atoms. The molecule has 0 aliphatic carbocycles. The first kappa shape index (κ1) is 19.0. The molecule has 2 N–H and O–H groups in total. The normalized spacial score (nSPS) is 11.6. The van der Waals surface area contributed by atoms with Crippen molar-refractivity contribution in [2.24, 2.45) is 0 Å². The Kier molecular flexibility index (Phi) is 6.19. The fraction of sp³-hybridized carbons (Fsp3) is 0.412. The van der Waals surface area contributed by atoms with Crippen molar-refractivity contribution >= 4 is 5.91 Å². The first-order valence-electron chi connectivity index (χ1n) is 8.06. The second kappa shape index (κ2) is 8.15. The lowest BCUT2D eigenvalue weighted by Gasteiger charge is -2.14. The summed E-state index contributed by atoms with van der Waals surface area (Å²) in [6, 6.07) is 6.58. The Morgan fingerprint density at radius 2 is 1.92 bits per heavy atom. The summed E-state index contributed by atoms with van der Waals surface area (Å²) in [6.07, 6.45) is -2.80. The van der Waals surface area contributed by atoms with Gasteiger partial charge in [0.05, 0.1) is 17.4 Å². The molecule has 0 unspecified atom stereocenters. The van der Waals surface area contributed by atoms with Gasteiger partial charge in [-0.1, -0.05) is 25.1 Å². The van der Waals surface area contributed by atoms with Crippen molar-refractivity contribution in [3.8, 4) is 5.69 Å². The van der Waals surface area contributed by atoms with Crippen LogP contribution in [0.3, 0.4) is 0 Å². The van der Waals surface area contributed by atoms with Gasteiger partial charge in [0.15, 0.2) is 5.69 Å². The molecule has 136 valence electrons. The number of carbonyl (C=O) groups excluding carboxylic acids is 1.